The first-order chi connectivity index (χ1) is 7.16. The van der Waals surface area contributed by atoms with Crippen molar-refractivity contribution in [2.45, 2.75) is 46.7 Å². The Morgan fingerprint density at radius 1 is 0.938 bits per heavy atom. The maximum atomic E-state index is 13.0. The SMILES string of the molecule is CC1C2CC(C1C)C(C(C)(C)C(F)(F)F)C2. The standard InChI is InChI=1S/C13H21F3/c1-7-8(2)10-5-9(7)6-11(10)12(3,4)13(14,15)16/h7-11H,5-6H2,1-4H3. The molecule has 0 amide bonds. The highest BCUT2D eigenvalue weighted by Gasteiger charge is 2.60. The molecule has 2 aliphatic rings. The van der Waals surface area contributed by atoms with Gasteiger partial charge in [0.2, 0.25) is 0 Å². The molecule has 0 radical (unpaired) electrons. The lowest BCUT2D eigenvalue weighted by molar-refractivity contribution is -0.237. The van der Waals surface area contributed by atoms with E-state index < -0.39 is 11.6 Å². The first-order valence-corrected chi connectivity index (χ1v) is 6.23. The average molecular weight is 234 g/mol. The topological polar surface area (TPSA) is 0 Å². The molecular formula is C13H21F3. The number of alkyl halides is 3. The maximum Gasteiger partial charge on any atom is 0.394 e. The van der Waals surface area contributed by atoms with E-state index in [2.05, 4.69) is 13.8 Å². The van der Waals surface area contributed by atoms with Gasteiger partial charge in [0.15, 0.2) is 0 Å². The molecule has 3 heteroatoms. The highest BCUT2D eigenvalue weighted by Crippen LogP contribution is 2.62. The summed E-state index contributed by atoms with van der Waals surface area (Å²) in [6.07, 6.45) is -2.26. The van der Waals surface area contributed by atoms with Crippen LogP contribution in [0.1, 0.15) is 40.5 Å². The zero-order valence-electron chi connectivity index (χ0n) is 10.4. The molecule has 2 saturated carbocycles. The molecule has 2 rings (SSSR count). The molecule has 0 aromatic rings. The second-order valence-corrected chi connectivity index (χ2v) is 6.44. The summed E-state index contributed by atoms with van der Waals surface area (Å²) in [6, 6.07) is 0. The minimum Gasteiger partial charge on any atom is -0.171 e. The summed E-state index contributed by atoms with van der Waals surface area (Å²) in [6.45, 7) is 7.10. The Morgan fingerprint density at radius 2 is 1.50 bits per heavy atom. The molecule has 2 fully saturated rings. The lowest BCUT2D eigenvalue weighted by Crippen LogP contribution is -2.43. The second-order valence-electron chi connectivity index (χ2n) is 6.44. The number of hydrogen-bond donors (Lipinski definition) is 0. The maximum absolute atomic E-state index is 13.0. The summed E-state index contributed by atoms with van der Waals surface area (Å²) >= 11 is 0. The lowest BCUT2D eigenvalue weighted by atomic mass is 9.65. The van der Waals surface area contributed by atoms with Crippen LogP contribution in [0.25, 0.3) is 0 Å². The van der Waals surface area contributed by atoms with Crippen molar-refractivity contribution in [2.24, 2.45) is 35.0 Å². The molecule has 2 bridgehead atoms. The van der Waals surface area contributed by atoms with Crippen molar-refractivity contribution in [1.82, 2.24) is 0 Å². The fourth-order valence-electron chi connectivity index (χ4n) is 3.98. The van der Waals surface area contributed by atoms with Gasteiger partial charge in [0, 0.05) is 0 Å². The molecule has 0 aromatic heterocycles. The Morgan fingerprint density at radius 3 is 1.88 bits per heavy atom. The van der Waals surface area contributed by atoms with Crippen LogP contribution in [0.2, 0.25) is 0 Å². The molecule has 5 unspecified atom stereocenters. The molecule has 16 heavy (non-hydrogen) atoms. The van der Waals surface area contributed by atoms with Crippen molar-refractivity contribution in [2.75, 3.05) is 0 Å². The number of hydrogen-bond acceptors (Lipinski definition) is 0. The van der Waals surface area contributed by atoms with Crippen LogP contribution in [0.4, 0.5) is 13.2 Å². The summed E-state index contributed by atoms with van der Waals surface area (Å²) in [5.41, 5.74) is -1.51. The van der Waals surface area contributed by atoms with E-state index in [1.54, 1.807) is 0 Å². The van der Waals surface area contributed by atoms with E-state index in [1.807, 2.05) is 0 Å². The first kappa shape index (κ1) is 12.3. The van der Waals surface area contributed by atoms with Gasteiger partial charge in [-0.15, -0.1) is 0 Å². The minimum absolute atomic E-state index is 0.163. The van der Waals surface area contributed by atoms with Crippen molar-refractivity contribution in [3.8, 4) is 0 Å². The molecular weight excluding hydrogens is 213 g/mol. The van der Waals surface area contributed by atoms with Crippen molar-refractivity contribution in [3.05, 3.63) is 0 Å². The fraction of sp³-hybridized carbons (Fsp3) is 1.00. The Labute approximate surface area is 95.6 Å². The molecule has 0 heterocycles. The van der Waals surface area contributed by atoms with Gasteiger partial charge in [-0.05, 0) is 42.4 Å². The van der Waals surface area contributed by atoms with E-state index in [0.29, 0.717) is 17.8 Å². The van der Waals surface area contributed by atoms with E-state index in [1.165, 1.54) is 13.8 Å². The minimum atomic E-state index is -4.06. The summed E-state index contributed by atoms with van der Waals surface area (Å²) in [7, 11) is 0. The van der Waals surface area contributed by atoms with Crippen molar-refractivity contribution < 1.29 is 13.2 Å². The summed E-state index contributed by atoms with van der Waals surface area (Å²) < 4.78 is 39.1. The Kier molecular flexibility index (Phi) is 2.60. The van der Waals surface area contributed by atoms with Gasteiger partial charge >= 0.3 is 6.18 Å². The number of halogens is 3. The third kappa shape index (κ3) is 1.50. The van der Waals surface area contributed by atoms with Gasteiger partial charge in [0.05, 0.1) is 5.41 Å². The van der Waals surface area contributed by atoms with Gasteiger partial charge in [0.1, 0.15) is 0 Å². The van der Waals surface area contributed by atoms with Crippen LogP contribution >= 0.6 is 0 Å². The van der Waals surface area contributed by atoms with E-state index in [0.717, 1.165) is 12.8 Å². The monoisotopic (exact) mass is 234 g/mol. The van der Waals surface area contributed by atoms with E-state index >= 15 is 0 Å². The molecule has 5 atom stereocenters. The smallest absolute Gasteiger partial charge is 0.171 e. The Balaban J connectivity index is 2.21. The zero-order valence-corrected chi connectivity index (χ0v) is 10.4. The van der Waals surface area contributed by atoms with Crippen molar-refractivity contribution >= 4 is 0 Å². The quantitative estimate of drug-likeness (QED) is 0.626. The van der Waals surface area contributed by atoms with Crippen molar-refractivity contribution in [1.29, 1.82) is 0 Å². The fourth-order valence-corrected chi connectivity index (χ4v) is 3.98. The van der Waals surface area contributed by atoms with Crippen LogP contribution in [0, 0.1) is 35.0 Å². The molecule has 2 aliphatic carbocycles. The van der Waals surface area contributed by atoms with E-state index in [9.17, 15) is 13.2 Å². The highest BCUT2D eigenvalue weighted by atomic mass is 19.4. The van der Waals surface area contributed by atoms with Crippen LogP contribution in [-0.4, -0.2) is 6.18 Å². The third-order valence-corrected chi connectivity index (χ3v) is 5.55. The molecule has 0 N–H and O–H groups in total. The first-order valence-electron chi connectivity index (χ1n) is 6.23. The molecule has 0 saturated heterocycles. The zero-order chi connectivity index (χ0) is 12.3. The van der Waals surface area contributed by atoms with Gasteiger partial charge in [0.25, 0.3) is 0 Å². The second kappa shape index (κ2) is 3.39. The number of fused-ring (bicyclic) bond motifs is 2. The van der Waals surface area contributed by atoms with Crippen molar-refractivity contribution in [3.63, 3.8) is 0 Å². The molecule has 94 valence electrons. The Bertz CT molecular complexity index is 277. The highest BCUT2D eigenvalue weighted by molar-refractivity contribution is 5.03. The molecule has 0 nitrogen and oxygen atoms in total. The van der Waals surface area contributed by atoms with Gasteiger partial charge in [-0.3, -0.25) is 0 Å². The average Bonchev–Trinajstić information content (AvgIpc) is 2.66. The molecule has 0 aliphatic heterocycles. The van der Waals surface area contributed by atoms with Crippen LogP contribution in [0.15, 0.2) is 0 Å². The number of rotatable bonds is 1. The lowest BCUT2D eigenvalue weighted by Gasteiger charge is -2.42. The summed E-state index contributed by atoms with van der Waals surface area (Å²) in [5, 5.41) is 0. The van der Waals surface area contributed by atoms with E-state index in [4.69, 9.17) is 0 Å². The van der Waals surface area contributed by atoms with Crippen LogP contribution in [-0.2, 0) is 0 Å². The predicted molar refractivity (Wildman–Crippen MR) is 57.9 cm³/mol. The normalized spacial score (nSPS) is 44.1. The van der Waals surface area contributed by atoms with Crippen LogP contribution < -0.4 is 0 Å². The van der Waals surface area contributed by atoms with Gasteiger partial charge in [-0.1, -0.05) is 27.7 Å². The largest absolute Gasteiger partial charge is 0.394 e. The third-order valence-electron chi connectivity index (χ3n) is 5.55. The van der Waals surface area contributed by atoms with Crippen LogP contribution in [0.3, 0.4) is 0 Å². The van der Waals surface area contributed by atoms with E-state index in [-0.39, 0.29) is 11.8 Å². The van der Waals surface area contributed by atoms with Crippen LogP contribution in [0.5, 0.6) is 0 Å². The molecule has 0 aromatic carbocycles. The molecule has 0 spiro atoms. The summed E-state index contributed by atoms with van der Waals surface area (Å²) in [5.74, 6) is 1.74. The van der Waals surface area contributed by atoms with Gasteiger partial charge < -0.3 is 0 Å². The predicted octanol–water partition coefficient (Wildman–Crippen LogP) is 4.50. The Hall–Kier alpha value is -0.210. The van der Waals surface area contributed by atoms with Gasteiger partial charge in [-0.25, -0.2) is 0 Å². The summed E-state index contributed by atoms with van der Waals surface area (Å²) in [4.78, 5) is 0. The van der Waals surface area contributed by atoms with Gasteiger partial charge in [-0.2, -0.15) is 13.2 Å².